The molecule has 1 aromatic carbocycles. The summed E-state index contributed by atoms with van der Waals surface area (Å²) in [5.74, 6) is -2.14. The van der Waals surface area contributed by atoms with Crippen molar-refractivity contribution in [3.05, 3.63) is 51.3 Å². The molecule has 0 saturated heterocycles. The van der Waals surface area contributed by atoms with Gasteiger partial charge >= 0.3 is 11.9 Å². The van der Waals surface area contributed by atoms with Crippen molar-refractivity contribution in [3.8, 4) is 0 Å². The summed E-state index contributed by atoms with van der Waals surface area (Å²) in [6.45, 7) is 0.0669. The van der Waals surface area contributed by atoms with Crippen LogP contribution in [-0.2, 0) is 16.3 Å². The van der Waals surface area contributed by atoms with E-state index in [0.717, 1.165) is 13.2 Å². The van der Waals surface area contributed by atoms with E-state index in [-0.39, 0.29) is 17.9 Å². The van der Waals surface area contributed by atoms with Gasteiger partial charge in [0, 0.05) is 16.1 Å². The maximum absolute atomic E-state index is 11.8. The van der Waals surface area contributed by atoms with Crippen LogP contribution >= 0.6 is 23.2 Å². The molecule has 0 unspecified atom stereocenters. The Morgan fingerprint density at radius 1 is 1.32 bits per heavy atom. The molecule has 0 spiro atoms. The van der Waals surface area contributed by atoms with Crippen LogP contribution in [0.3, 0.4) is 0 Å². The smallest absolute Gasteiger partial charge is 0.390 e. The fraction of sp³-hybridized carbons (Fsp3) is 0.154. The first-order valence-electron chi connectivity index (χ1n) is 5.92. The number of carboxylic acids is 1. The van der Waals surface area contributed by atoms with E-state index in [4.69, 9.17) is 28.3 Å². The summed E-state index contributed by atoms with van der Waals surface area (Å²) < 4.78 is 1.17. The van der Waals surface area contributed by atoms with Gasteiger partial charge in [0.1, 0.15) is 0 Å². The minimum Gasteiger partial charge on any atom is -0.476 e. The summed E-state index contributed by atoms with van der Waals surface area (Å²) in [6.07, 6.45) is 0. The monoisotopic (exact) mass is 344 g/mol. The lowest BCUT2D eigenvalue weighted by Crippen LogP contribution is -2.14. The van der Waals surface area contributed by atoms with E-state index in [1.807, 2.05) is 0 Å². The minimum atomic E-state index is -1.27. The number of aromatic carboxylic acids is 1. The number of hydrogen-bond acceptors (Lipinski definition) is 5. The molecule has 9 heteroatoms. The van der Waals surface area contributed by atoms with Gasteiger partial charge in [0.15, 0.2) is 11.4 Å². The Balaban J connectivity index is 2.40. The van der Waals surface area contributed by atoms with Crippen LogP contribution in [0.1, 0.15) is 26.5 Å². The quantitative estimate of drug-likeness (QED) is 0.662. The molecule has 0 bridgehead atoms. The van der Waals surface area contributed by atoms with Crippen molar-refractivity contribution < 1.29 is 24.5 Å². The number of benzene rings is 1. The van der Waals surface area contributed by atoms with Crippen LogP contribution in [0.2, 0.25) is 10.0 Å². The van der Waals surface area contributed by atoms with Crippen LogP contribution < -0.4 is 0 Å². The van der Waals surface area contributed by atoms with Gasteiger partial charge in [-0.1, -0.05) is 29.3 Å². The highest BCUT2D eigenvalue weighted by Crippen LogP contribution is 2.22. The van der Waals surface area contributed by atoms with Crippen LogP contribution in [0.25, 0.3) is 0 Å². The lowest BCUT2D eigenvalue weighted by atomic mass is 10.2. The normalized spacial score (nSPS) is 10.5. The lowest BCUT2D eigenvalue weighted by Gasteiger charge is -2.08. The zero-order chi connectivity index (χ0) is 16.3. The number of carbonyl (C=O) groups is 2. The van der Waals surface area contributed by atoms with Gasteiger partial charge in [-0.25, -0.2) is 9.59 Å². The number of halogens is 2. The van der Waals surface area contributed by atoms with Crippen molar-refractivity contribution in [2.75, 3.05) is 7.11 Å². The summed E-state index contributed by atoms with van der Waals surface area (Å²) >= 11 is 11.9. The van der Waals surface area contributed by atoms with Crippen LogP contribution in [0, 0.1) is 0 Å². The number of nitrogens with zero attached hydrogens (tertiary/aromatic N) is 2. The zero-order valence-corrected chi connectivity index (χ0v) is 12.8. The molecule has 116 valence electrons. The number of carbonyl (C=O) groups excluding carboxylic acids is 1. The molecule has 0 atom stereocenters. The Kier molecular flexibility index (Phi) is 5.02. The predicted octanol–water partition coefficient (Wildman–Crippen LogP) is 2.65. The Morgan fingerprint density at radius 2 is 2.05 bits per heavy atom. The highest BCUT2D eigenvalue weighted by molar-refractivity contribution is 6.35. The standard InChI is InChI=1S/C13H10Cl2N2O5/c1-21-22-13(20)11-5-10(12(18)19)16-17(11)6-7-2-3-8(14)4-9(7)15/h2-5H,6H2,1H3,(H,18,19). The Hall–Kier alpha value is -2.09. The molecule has 22 heavy (non-hydrogen) atoms. The van der Waals surface area contributed by atoms with Gasteiger partial charge in [0.2, 0.25) is 0 Å². The highest BCUT2D eigenvalue weighted by atomic mass is 35.5. The Morgan fingerprint density at radius 3 is 2.64 bits per heavy atom. The van der Waals surface area contributed by atoms with Gasteiger partial charge in [0.25, 0.3) is 0 Å². The maximum atomic E-state index is 11.8. The third-order valence-corrected chi connectivity index (χ3v) is 3.29. The third-order valence-electron chi connectivity index (χ3n) is 2.70. The van der Waals surface area contributed by atoms with E-state index < -0.39 is 11.9 Å². The van der Waals surface area contributed by atoms with Crippen LogP contribution in [0.4, 0.5) is 0 Å². The number of carboxylic acid groups (broad SMARTS) is 1. The topological polar surface area (TPSA) is 90.7 Å². The van der Waals surface area contributed by atoms with E-state index in [2.05, 4.69) is 14.9 Å². The van der Waals surface area contributed by atoms with Crippen LogP contribution in [-0.4, -0.2) is 33.9 Å². The summed E-state index contributed by atoms with van der Waals surface area (Å²) in [4.78, 5) is 31.5. The molecule has 0 fully saturated rings. The molecule has 0 radical (unpaired) electrons. The van der Waals surface area contributed by atoms with Crippen molar-refractivity contribution in [2.45, 2.75) is 6.54 Å². The molecular formula is C13H10Cl2N2O5. The molecule has 1 aromatic heterocycles. The Bertz CT molecular complexity index is 729. The fourth-order valence-corrected chi connectivity index (χ4v) is 2.20. The van der Waals surface area contributed by atoms with E-state index in [1.54, 1.807) is 12.1 Å². The zero-order valence-electron chi connectivity index (χ0n) is 11.2. The molecule has 0 aliphatic heterocycles. The molecule has 1 heterocycles. The van der Waals surface area contributed by atoms with Gasteiger partial charge in [-0.15, -0.1) is 0 Å². The van der Waals surface area contributed by atoms with Gasteiger partial charge < -0.3 is 5.11 Å². The van der Waals surface area contributed by atoms with Gasteiger partial charge in [-0.3, -0.25) is 9.57 Å². The molecule has 7 nitrogen and oxygen atoms in total. The molecule has 0 aliphatic carbocycles. The van der Waals surface area contributed by atoms with E-state index in [1.165, 1.54) is 10.7 Å². The molecule has 2 rings (SSSR count). The van der Waals surface area contributed by atoms with Crippen molar-refractivity contribution in [2.24, 2.45) is 0 Å². The molecule has 0 aliphatic rings. The second kappa shape index (κ2) is 6.78. The van der Waals surface area contributed by atoms with Crippen molar-refractivity contribution in [3.63, 3.8) is 0 Å². The summed E-state index contributed by atoms with van der Waals surface area (Å²) in [5.41, 5.74) is 0.232. The van der Waals surface area contributed by atoms with Gasteiger partial charge in [-0.05, 0) is 17.7 Å². The maximum Gasteiger partial charge on any atom is 0.390 e. The van der Waals surface area contributed by atoms with Gasteiger partial charge in [0.05, 0.1) is 13.7 Å². The minimum absolute atomic E-state index is 0.0669. The molecule has 2 aromatic rings. The average Bonchev–Trinajstić information content (AvgIpc) is 2.86. The largest absolute Gasteiger partial charge is 0.476 e. The second-order valence-corrected chi connectivity index (χ2v) is 4.99. The van der Waals surface area contributed by atoms with Crippen LogP contribution in [0.5, 0.6) is 0 Å². The number of hydrogen-bond donors (Lipinski definition) is 1. The fourth-order valence-electron chi connectivity index (χ4n) is 1.74. The Labute approximate surface area is 134 Å². The summed E-state index contributed by atoms with van der Waals surface area (Å²) in [5, 5.41) is 13.7. The first kappa shape index (κ1) is 16.3. The number of rotatable bonds is 5. The van der Waals surface area contributed by atoms with Crippen molar-refractivity contribution >= 4 is 35.1 Å². The van der Waals surface area contributed by atoms with Crippen LogP contribution in [0.15, 0.2) is 24.3 Å². The summed E-state index contributed by atoms with van der Waals surface area (Å²) in [7, 11) is 1.16. The average molecular weight is 345 g/mol. The van der Waals surface area contributed by atoms with Gasteiger partial charge in [-0.2, -0.15) is 9.99 Å². The van der Waals surface area contributed by atoms with E-state index >= 15 is 0 Å². The highest BCUT2D eigenvalue weighted by Gasteiger charge is 2.21. The SMILES string of the molecule is COOC(=O)c1cc(C(=O)O)nn1Cc1ccc(Cl)cc1Cl. The molecule has 1 N–H and O–H groups in total. The molecule has 0 amide bonds. The van der Waals surface area contributed by atoms with E-state index in [9.17, 15) is 9.59 Å². The summed E-state index contributed by atoms with van der Waals surface area (Å²) in [6, 6.07) is 5.90. The van der Waals surface area contributed by atoms with Crippen molar-refractivity contribution in [1.29, 1.82) is 0 Å². The number of aromatic nitrogens is 2. The lowest BCUT2D eigenvalue weighted by molar-refractivity contribution is -0.216. The first-order valence-corrected chi connectivity index (χ1v) is 6.68. The first-order chi connectivity index (χ1) is 10.4. The molecule has 0 saturated carbocycles. The second-order valence-electron chi connectivity index (χ2n) is 4.15. The molecular weight excluding hydrogens is 335 g/mol. The van der Waals surface area contributed by atoms with Crippen molar-refractivity contribution in [1.82, 2.24) is 9.78 Å². The third kappa shape index (κ3) is 3.56. The van der Waals surface area contributed by atoms with E-state index in [0.29, 0.717) is 15.6 Å². The predicted molar refractivity (Wildman–Crippen MR) is 77.2 cm³/mol.